The number of rotatable bonds is 4. The molecular formula is C24H42O3. The summed E-state index contributed by atoms with van der Waals surface area (Å²) in [4.78, 5) is 0. The van der Waals surface area contributed by atoms with Crippen LogP contribution in [0, 0.1) is 40.4 Å². The predicted octanol–water partition coefficient (Wildman–Crippen LogP) is 4.53. The summed E-state index contributed by atoms with van der Waals surface area (Å²) >= 11 is 0. The molecule has 1 unspecified atom stereocenters. The fourth-order valence-corrected chi connectivity index (χ4v) is 8.87. The van der Waals surface area contributed by atoms with E-state index in [2.05, 4.69) is 13.8 Å². The molecule has 0 heterocycles. The van der Waals surface area contributed by atoms with Gasteiger partial charge in [0.15, 0.2) is 0 Å². The van der Waals surface area contributed by atoms with Crippen molar-refractivity contribution in [2.24, 2.45) is 40.4 Å². The molecule has 0 amide bonds. The third kappa shape index (κ3) is 3.11. The normalized spacial score (nSPS) is 51.8. The van der Waals surface area contributed by atoms with Gasteiger partial charge in [0.05, 0.1) is 11.7 Å². The van der Waals surface area contributed by atoms with Crippen LogP contribution in [0.3, 0.4) is 0 Å². The smallest absolute Gasteiger partial charge is 0.0653 e. The summed E-state index contributed by atoms with van der Waals surface area (Å²) in [6, 6.07) is 0. The number of hydrogen-bond donors (Lipinski definition) is 3. The highest BCUT2D eigenvalue weighted by Gasteiger charge is 2.62. The second-order valence-corrected chi connectivity index (χ2v) is 11.4. The van der Waals surface area contributed by atoms with Crippen molar-refractivity contribution in [1.82, 2.24) is 0 Å². The minimum Gasteiger partial charge on any atom is -0.396 e. The third-order valence-corrected chi connectivity index (χ3v) is 10.2. The van der Waals surface area contributed by atoms with E-state index in [-0.39, 0.29) is 18.1 Å². The van der Waals surface area contributed by atoms with Gasteiger partial charge < -0.3 is 15.3 Å². The van der Waals surface area contributed by atoms with Crippen LogP contribution >= 0.6 is 0 Å². The molecule has 4 saturated carbocycles. The lowest BCUT2D eigenvalue weighted by Crippen LogP contribution is -2.55. The van der Waals surface area contributed by atoms with Gasteiger partial charge in [-0.3, -0.25) is 0 Å². The molecule has 0 aromatic heterocycles. The van der Waals surface area contributed by atoms with E-state index in [1.165, 1.54) is 38.5 Å². The Labute approximate surface area is 165 Å². The summed E-state index contributed by atoms with van der Waals surface area (Å²) in [5.41, 5.74) is 0.0492. The Balaban J connectivity index is 1.55. The molecule has 0 spiro atoms. The maximum Gasteiger partial charge on any atom is 0.0653 e. The molecule has 4 aliphatic carbocycles. The van der Waals surface area contributed by atoms with E-state index in [4.69, 9.17) is 0 Å². The molecule has 0 radical (unpaired) electrons. The summed E-state index contributed by atoms with van der Waals surface area (Å²) in [7, 11) is 0. The van der Waals surface area contributed by atoms with Crippen molar-refractivity contribution in [3.8, 4) is 0 Å². The third-order valence-electron chi connectivity index (χ3n) is 10.2. The number of fused-ring (bicyclic) bond motifs is 5. The highest BCUT2D eigenvalue weighted by Crippen LogP contribution is 2.68. The first kappa shape index (κ1) is 20.2. The molecule has 156 valence electrons. The van der Waals surface area contributed by atoms with Gasteiger partial charge in [-0.1, -0.05) is 13.8 Å². The van der Waals surface area contributed by atoms with Crippen LogP contribution in [-0.2, 0) is 0 Å². The lowest BCUT2D eigenvalue weighted by Gasteiger charge is -2.61. The minimum absolute atomic E-state index is 0.0639. The maximum atomic E-state index is 11.3. The summed E-state index contributed by atoms with van der Waals surface area (Å²) in [5.74, 6) is 3.49. The van der Waals surface area contributed by atoms with Gasteiger partial charge in [0.1, 0.15) is 0 Å². The van der Waals surface area contributed by atoms with Crippen molar-refractivity contribution < 1.29 is 15.3 Å². The fraction of sp³-hybridized carbons (Fsp3) is 1.00. The van der Waals surface area contributed by atoms with Gasteiger partial charge in [-0.05, 0) is 118 Å². The van der Waals surface area contributed by atoms with Gasteiger partial charge in [0, 0.05) is 6.61 Å². The van der Waals surface area contributed by atoms with Gasteiger partial charge in [0.2, 0.25) is 0 Å². The summed E-state index contributed by atoms with van der Waals surface area (Å²) in [6.45, 7) is 7.25. The zero-order valence-corrected chi connectivity index (χ0v) is 17.8. The average Bonchev–Trinajstić information content (AvgIpc) is 2.99. The van der Waals surface area contributed by atoms with Crippen LogP contribution in [0.1, 0.15) is 91.4 Å². The van der Waals surface area contributed by atoms with Crippen LogP contribution in [-0.4, -0.2) is 33.6 Å². The summed E-state index contributed by atoms with van der Waals surface area (Å²) in [5, 5.41) is 30.7. The van der Waals surface area contributed by atoms with Gasteiger partial charge in [-0.2, -0.15) is 0 Å². The van der Waals surface area contributed by atoms with Crippen molar-refractivity contribution in [1.29, 1.82) is 0 Å². The molecule has 0 aromatic rings. The Morgan fingerprint density at radius 1 is 0.926 bits per heavy atom. The SMILES string of the molecule is CC(O)(CCCO)[C@H]1CC[C@H]2[C@@H]3CC[C@H]4C[C@H](O)CC[C@]4(C)[C@H]3CC[C@]12C. The van der Waals surface area contributed by atoms with Crippen molar-refractivity contribution >= 4 is 0 Å². The van der Waals surface area contributed by atoms with Crippen LogP contribution in [0.5, 0.6) is 0 Å². The molecule has 0 aliphatic heterocycles. The number of aliphatic hydroxyl groups excluding tert-OH is 2. The Morgan fingerprint density at radius 3 is 2.37 bits per heavy atom. The molecule has 4 rings (SSSR count). The van der Waals surface area contributed by atoms with E-state index in [0.29, 0.717) is 17.8 Å². The van der Waals surface area contributed by atoms with Crippen LogP contribution in [0.4, 0.5) is 0 Å². The van der Waals surface area contributed by atoms with Crippen molar-refractivity contribution in [3.05, 3.63) is 0 Å². The lowest BCUT2D eigenvalue weighted by atomic mass is 9.44. The molecule has 0 saturated heterocycles. The Bertz CT molecular complexity index is 546. The van der Waals surface area contributed by atoms with Gasteiger partial charge in [-0.15, -0.1) is 0 Å². The van der Waals surface area contributed by atoms with Crippen LogP contribution < -0.4 is 0 Å². The molecule has 27 heavy (non-hydrogen) atoms. The Kier molecular flexibility index (Phi) is 5.22. The first-order valence-electron chi connectivity index (χ1n) is 11.7. The van der Waals surface area contributed by atoms with Gasteiger partial charge >= 0.3 is 0 Å². The Hall–Kier alpha value is -0.120. The highest BCUT2D eigenvalue weighted by atomic mass is 16.3. The zero-order chi connectivity index (χ0) is 19.4. The largest absolute Gasteiger partial charge is 0.396 e. The topological polar surface area (TPSA) is 60.7 Å². The van der Waals surface area contributed by atoms with Crippen molar-refractivity contribution in [2.75, 3.05) is 6.61 Å². The molecule has 0 bridgehead atoms. The predicted molar refractivity (Wildman–Crippen MR) is 108 cm³/mol. The van der Waals surface area contributed by atoms with E-state index in [1.54, 1.807) is 0 Å². The zero-order valence-electron chi connectivity index (χ0n) is 17.8. The minimum atomic E-state index is -0.644. The van der Waals surface area contributed by atoms with E-state index in [9.17, 15) is 15.3 Å². The van der Waals surface area contributed by atoms with Crippen LogP contribution in [0.25, 0.3) is 0 Å². The molecule has 4 fully saturated rings. The van der Waals surface area contributed by atoms with E-state index in [1.807, 2.05) is 6.92 Å². The van der Waals surface area contributed by atoms with E-state index < -0.39 is 5.60 Å². The quantitative estimate of drug-likeness (QED) is 0.673. The summed E-state index contributed by atoms with van der Waals surface area (Å²) < 4.78 is 0. The lowest BCUT2D eigenvalue weighted by molar-refractivity contribution is -0.145. The number of aliphatic hydroxyl groups is 3. The summed E-state index contributed by atoms with van der Waals surface area (Å²) in [6.07, 6.45) is 12.2. The molecule has 0 aromatic carbocycles. The van der Waals surface area contributed by atoms with Crippen LogP contribution in [0.2, 0.25) is 0 Å². The van der Waals surface area contributed by atoms with Crippen LogP contribution in [0.15, 0.2) is 0 Å². The molecule has 4 aliphatic rings. The van der Waals surface area contributed by atoms with Gasteiger partial charge in [-0.25, -0.2) is 0 Å². The van der Waals surface area contributed by atoms with Gasteiger partial charge in [0.25, 0.3) is 0 Å². The van der Waals surface area contributed by atoms with Crippen molar-refractivity contribution in [2.45, 2.75) is 103 Å². The van der Waals surface area contributed by atoms with Crippen molar-refractivity contribution in [3.63, 3.8) is 0 Å². The fourth-order valence-electron chi connectivity index (χ4n) is 8.87. The molecule has 9 atom stereocenters. The highest BCUT2D eigenvalue weighted by molar-refractivity contribution is 5.11. The van der Waals surface area contributed by atoms with E-state index in [0.717, 1.165) is 49.4 Å². The molecule has 3 N–H and O–H groups in total. The maximum absolute atomic E-state index is 11.3. The van der Waals surface area contributed by atoms with E-state index >= 15 is 0 Å². The first-order chi connectivity index (χ1) is 12.7. The molecular weight excluding hydrogens is 336 g/mol. The average molecular weight is 379 g/mol. The molecule has 3 heteroatoms. The number of hydrogen-bond acceptors (Lipinski definition) is 3. The first-order valence-corrected chi connectivity index (χ1v) is 11.7. The second-order valence-electron chi connectivity index (χ2n) is 11.4. The standard InChI is InChI=1S/C24H42O3/c1-22-12-9-17(26)15-16(22)5-6-18-19-7-8-21(24(3,27)11-4-14-25)23(19,2)13-10-20(18)22/h16-21,25-27H,4-15H2,1-3H3/t16-,17+,18-,19-,20-,21-,22-,23-,24?/m0/s1. The Morgan fingerprint density at radius 2 is 1.63 bits per heavy atom. The monoisotopic (exact) mass is 378 g/mol. The molecule has 3 nitrogen and oxygen atoms in total. The second kappa shape index (κ2) is 6.99.